The average molecular weight is 485 g/mol. The number of urea groups is 1. The first-order valence-electron chi connectivity index (χ1n) is 10.7. The first-order chi connectivity index (χ1) is 16.1. The van der Waals surface area contributed by atoms with Crippen LogP contribution in [0.5, 0.6) is 0 Å². The molecule has 10 nitrogen and oxygen atoms in total. The van der Waals surface area contributed by atoms with Crippen LogP contribution in [0.3, 0.4) is 0 Å². The molecule has 1 aromatic carbocycles. The van der Waals surface area contributed by atoms with Crippen molar-refractivity contribution < 1.29 is 37.4 Å². The Bertz CT molecular complexity index is 938. The summed E-state index contributed by atoms with van der Waals surface area (Å²) in [5, 5.41) is 12.0. The minimum atomic E-state index is -5.13. The quantitative estimate of drug-likeness (QED) is 0.407. The Morgan fingerprint density at radius 3 is 2.47 bits per heavy atom. The summed E-state index contributed by atoms with van der Waals surface area (Å²) in [4.78, 5) is 42.5. The molecule has 0 aromatic heterocycles. The molecule has 2 unspecified atom stereocenters. The van der Waals surface area contributed by atoms with Crippen LogP contribution in [0.15, 0.2) is 29.3 Å². The number of amidine groups is 1. The monoisotopic (exact) mass is 485 g/mol. The number of nitrogens with zero attached hydrogens (tertiary/aromatic N) is 3. The minimum absolute atomic E-state index is 0.0291. The van der Waals surface area contributed by atoms with Gasteiger partial charge in [0.05, 0.1) is 19.3 Å². The summed E-state index contributed by atoms with van der Waals surface area (Å²) in [6.07, 6.45) is -4.39. The molecule has 34 heavy (non-hydrogen) atoms. The van der Waals surface area contributed by atoms with Crippen molar-refractivity contribution in [3.63, 3.8) is 0 Å². The predicted octanol–water partition coefficient (Wildman–Crippen LogP) is 0.346. The van der Waals surface area contributed by atoms with Crippen LogP contribution >= 0.6 is 0 Å². The summed E-state index contributed by atoms with van der Waals surface area (Å²) in [5.41, 5.74) is 5.71. The van der Waals surface area contributed by atoms with E-state index in [9.17, 15) is 32.7 Å². The van der Waals surface area contributed by atoms with Crippen molar-refractivity contribution in [3.05, 3.63) is 35.4 Å². The zero-order valence-corrected chi connectivity index (χ0v) is 18.3. The van der Waals surface area contributed by atoms with Gasteiger partial charge in [-0.2, -0.15) is 18.2 Å². The highest BCUT2D eigenvalue weighted by Gasteiger charge is 2.39. The zero-order valence-electron chi connectivity index (χ0n) is 18.3. The van der Waals surface area contributed by atoms with E-state index >= 15 is 0 Å². The smallest absolute Gasteiger partial charge is 0.396 e. The van der Waals surface area contributed by atoms with Crippen molar-refractivity contribution in [3.8, 4) is 0 Å². The van der Waals surface area contributed by atoms with Gasteiger partial charge in [0.25, 0.3) is 5.91 Å². The molecule has 2 heterocycles. The van der Waals surface area contributed by atoms with Crippen LogP contribution in [0.25, 0.3) is 0 Å². The lowest BCUT2D eigenvalue weighted by atomic mass is 10.1. The zero-order chi connectivity index (χ0) is 24.9. The summed E-state index contributed by atoms with van der Waals surface area (Å²) in [7, 11) is 0. The molecular formula is C21H26F3N5O5. The number of hydrogen-bond acceptors (Lipinski definition) is 5. The number of aliphatic imine (C=N–C) groups is 1. The number of halogens is 3. The number of benzene rings is 1. The Kier molecular flexibility index (Phi) is 8.10. The molecule has 186 valence electrons. The van der Waals surface area contributed by atoms with Crippen molar-refractivity contribution in [1.29, 1.82) is 0 Å². The summed E-state index contributed by atoms with van der Waals surface area (Å²) in [5.74, 6) is -3.33. The number of ether oxygens (including phenoxy) is 1. The molecule has 2 aliphatic rings. The third kappa shape index (κ3) is 6.23. The number of hydrogen-bond donors (Lipinski definition) is 3. The molecule has 2 fully saturated rings. The van der Waals surface area contributed by atoms with Gasteiger partial charge in [-0.25, -0.2) is 4.79 Å². The number of carbonyl (C=O) groups is 3. The largest absolute Gasteiger partial charge is 0.473 e. The van der Waals surface area contributed by atoms with E-state index in [1.54, 1.807) is 9.80 Å². The normalized spacial score (nSPS) is 21.5. The highest BCUT2D eigenvalue weighted by molar-refractivity contribution is 6.05. The van der Waals surface area contributed by atoms with Crippen LogP contribution in [-0.2, 0) is 9.53 Å². The second-order valence-electron chi connectivity index (χ2n) is 8.08. The van der Waals surface area contributed by atoms with Gasteiger partial charge in [0, 0.05) is 49.8 Å². The maximum absolute atomic E-state index is 12.9. The fourth-order valence-electron chi connectivity index (χ4n) is 3.76. The van der Waals surface area contributed by atoms with Gasteiger partial charge in [0.1, 0.15) is 5.84 Å². The third-order valence-electron chi connectivity index (χ3n) is 5.69. The molecule has 4 amide bonds. The highest BCUT2D eigenvalue weighted by atomic mass is 19.4. The van der Waals surface area contributed by atoms with Crippen LogP contribution < -0.4 is 11.1 Å². The van der Waals surface area contributed by atoms with Crippen molar-refractivity contribution in [1.82, 2.24) is 15.1 Å². The minimum Gasteiger partial charge on any atom is -0.396 e. The van der Waals surface area contributed by atoms with Crippen LogP contribution in [0.1, 0.15) is 22.3 Å². The van der Waals surface area contributed by atoms with Crippen LogP contribution in [0, 0.1) is 5.92 Å². The molecule has 2 aliphatic heterocycles. The summed E-state index contributed by atoms with van der Waals surface area (Å²) >= 11 is 0. The fourth-order valence-corrected chi connectivity index (χ4v) is 3.76. The molecule has 2 atom stereocenters. The molecule has 4 N–H and O–H groups in total. The topological polar surface area (TPSA) is 138 Å². The Balaban J connectivity index is 1.58. The number of carbonyl (C=O) groups excluding carboxylic acids is 3. The van der Waals surface area contributed by atoms with Gasteiger partial charge in [-0.15, -0.1) is 0 Å². The van der Waals surface area contributed by atoms with E-state index in [1.165, 1.54) is 24.3 Å². The SMILES string of the molecule is NC(=NC(=O)C(F)(F)F)c1ccc(C(=O)NCC2COCCN2C(=O)N2CCC(CO)C2)cc1. The number of alkyl halides is 3. The maximum atomic E-state index is 12.9. The molecule has 0 bridgehead atoms. The average Bonchev–Trinajstić information content (AvgIpc) is 3.31. The predicted molar refractivity (Wildman–Crippen MR) is 114 cm³/mol. The molecule has 0 saturated carbocycles. The van der Waals surface area contributed by atoms with Crippen molar-refractivity contribution in [2.45, 2.75) is 18.6 Å². The maximum Gasteiger partial charge on any atom is 0.473 e. The Hall–Kier alpha value is -3.19. The van der Waals surface area contributed by atoms with Gasteiger partial charge in [0.2, 0.25) is 0 Å². The number of morpholine rings is 1. The lowest BCUT2D eigenvalue weighted by Crippen LogP contribution is -2.56. The van der Waals surface area contributed by atoms with Gasteiger partial charge in [0.15, 0.2) is 0 Å². The van der Waals surface area contributed by atoms with Gasteiger partial charge in [-0.3, -0.25) is 9.59 Å². The van der Waals surface area contributed by atoms with Crippen LogP contribution in [0.4, 0.5) is 18.0 Å². The van der Waals surface area contributed by atoms with Gasteiger partial charge in [-0.05, 0) is 18.6 Å². The van der Waals surface area contributed by atoms with E-state index < -0.39 is 23.8 Å². The molecule has 3 rings (SSSR count). The number of nitrogens with two attached hydrogens (primary N) is 1. The van der Waals surface area contributed by atoms with E-state index in [0.717, 1.165) is 6.42 Å². The van der Waals surface area contributed by atoms with Gasteiger partial charge < -0.3 is 30.7 Å². The first-order valence-corrected chi connectivity index (χ1v) is 10.7. The lowest BCUT2D eigenvalue weighted by molar-refractivity contribution is -0.169. The van der Waals surface area contributed by atoms with E-state index in [0.29, 0.717) is 26.2 Å². The number of aliphatic hydroxyl groups excluding tert-OH is 1. The number of amides is 4. The molecule has 0 spiro atoms. The molecule has 13 heteroatoms. The summed E-state index contributed by atoms with van der Waals surface area (Å²) in [6, 6.07) is 4.69. The van der Waals surface area contributed by atoms with E-state index in [-0.39, 0.29) is 48.9 Å². The third-order valence-corrected chi connectivity index (χ3v) is 5.69. The number of nitrogens with one attached hydrogen (secondary N) is 1. The van der Waals surface area contributed by atoms with E-state index in [2.05, 4.69) is 10.3 Å². The molecule has 1 aromatic rings. The Morgan fingerprint density at radius 2 is 1.85 bits per heavy atom. The second-order valence-corrected chi connectivity index (χ2v) is 8.08. The fraction of sp³-hybridized carbons (Fsp3) is 0.524. The van der Waals surface area contributed by atoms with E-state index in [1.807, 2.05) is 0 Å². The summed E-state index contributed by atoms with van der Waals surface area (Å²) in [6.45, 7) is 2.22. The summed E-state index contributed by atoms with van der Waals surface area (Å²) < 4.78 is 42.4. The second kappa shape index (κ2) is 10.8. The standard InChI is InChI=1S/C21H26F3N5O5/c22-21(23,24)19(32)27-17(25)14-1-3-15(4-2-14)18(31)26-9-16-12-34-8-7-29(16)20(33)28-6-5-13(10-28)11-30/h1-4,13,16,30H,5-12H2,(H,26,31)(H2,25,27,32). The molecular weight excluding hydrogens is 459 g/mol. The highest BCUT2D eigenvalue weighted by Crippen LogP contribution is 2.20. The molecule has 0 aliphatic carbocycles. The van der Waals surface area contributed by atoms with Crippen LogP contribution in [0.2, 0.25) is 0 Å². The van der Waals surface area contributed by atoms with Gasteiger partial charge >= 0.3 is 18.1 Å². The lowest BCUT2D eigenvalue weighted by Gasteiger charge is -2.38. The Labute approximate surface area is 193 Å². The molecule has 0 radical (unpaired) electrons. The number of aliphatic hydroxyl groups is 1. The number of rotatable bonds is 5. The van der Waals surface area contributed by atoms with Crippen molar-refractivity contribution in [2.75, 3.05) is 46.0 Å². The molecule has 2 saturated heterocycles. The Morgan fingerprint density at radius 1 is 1.18 bits per heavy atom. The van der Waals surface area contributed by atoms with Crippen molar-refractivity contribution >= 4 is 23.7 Å². The first kappa shape index (κ1) is 25.4. The van der Waals surface area contributed by atoms with Gasteiger partial charge in [-0.1, -0.05) is 12.1 Å². The van der Waals surface area contributed by atoms with E-state index in [4.69, 9.17) is 10.5 Å². The van der Waals surface area contributed by atoms with Crippen LogP contribution in [-0.4, -0.2) is 96.8 Å². The van der Waals surface area contributed by atoms with Crippen molar-refractivity contribution in [2.24, 2.45) is 16.6 Å². The number of likely N-dealkylation sites (tertiary alicyclic amines) is 1.